The van der Waals surface area contributed by atoms with Gasteiger partial charge in [0.2, 0.25) is 5.13 Å². The second-order valence-corrected chi connectivity index (χ2v) is 7.50. The van der Waals surface area contributed by atoms with E-state index < -0.39 is 22.8 Å². The smallest absolute Gasteiger partial charge is 0.269 e. The minimum Gasteiger partial charge on any atom is -0.382 e. The van der Waals surface area contributed by atoms with Crippen molar-refractivity contribution in [1.82, 2.24) is 15.5 Å². The molecule has 2 aromatic carbocycles. The van der Waals surface area contributed by atoms with Crippen molar-refractivity contribution in [3.8, 4) is 0 Å². The van der Waals surface area contributed by atoms with E-state index in [1.54, 1.807) is 42.5 Å². The molecule has 2 N–H and O–H groups in total. The molecule has 1 heterocycles. The van der Waals surface area contributed by atoms with Crippen LogP contribution >= 0.6 is 11.3 Å². The van der Waals surface area contributed by atoms with Gasteiger partial charge < -0.3 is 10.1 Å². The molecule has 0 aliphatic rings. The second kappa shape index (κ2) is 10.4. The number of nitro benzene ring substituents is 1. The number of rotatable bonds is 9. The SMILES string of the molecule is COCC(NC(=O)c1ccccc1)C(=O)Nc1nnc(Cc2ccc([N+](=O)[O-])cc2)s1. The first-order valence-electron chi connectivity index (χ1n) is 9.17. The Kier molecular flexibility index (Phi) is 7.35. The maximum atomic E-state index is 12.6. The summed E-state index contributed by atoms with van der Waals surface area (Å²) in [5, 5.41) is 24.9. The van der Waals surface area contributed by atoms with Gasteiger partial charge in [0, 0.05) is 31.2 Å². The first-order valence-corrected chi connectivity index (χ1v) is 9.99. The summed E-state index contributed by atoms with van der Waals surface area (Å²) in [6.45, 7) is -0.0150. The van der Waals surface area contributed by atoms with Gasteiger partial charge in [-0.05, 0) is 17.7 Å². The molecule has 0 bridgehead atoms. The number of aromatic nitrogens is 2. The van der Waals surface area contributed by atoms with E-state index in [1.165, 1.54) is 30.6 Å². The van der Waals surface area contributed by atoms with Crippen molar-refractivity contribution in [2.24, 2.45) is 0 Å². The zero-order chi connectivity index (χ0) is 22.2. The van der Waals surface area contributed by atoms with Crippen molar-refractivity contribution in [1.29, 1.82) is 0 Å². The van der Waals surface area contributed by atoms with Gasteiger partial charge >= 0.3 is 0 Å². The third-order valence-electron chi connectivity index (χ3n) is 4.19. The molecule has 0 aliphatic carbocycles. The lowest BCUT2D eigenvalue weighted by molar-refractivity contribution is -0.384. The summed E-state index contributed by atoms with van der Waals surface area (Å²) in [4.78, 5) is 35.2. The third-order valence-corrected chi connectivity index (χ3v) is 5.03. The molecule has 0 saturated heterocycles. The monoisotopic (exact) mass is 441 g/mol. The summed E-state index contributed by atoms with van der Waals surface area (Å²) >= 11 is 1.18. The lowest BCUT2D eigenvalue weighted by Crippen LogP contribution is -2.46. The van der Waals surface area contributed by atoms with Gasteiger partial charge in [-0.15, -0.1) is 10.2 Å². The standard InChI is InChI=1S/C20H19N5O5S/c1-30-12-16(21-18(26)14-5-3-2-4-6-14)19(27)22-20-24-23-17(31-20)11-13-7-9-15(10-8-13)25(28)29/h2-10,16H,11-12H2,1H3,(H,21,26)(H,22,24,27). The number of methoxy groups -OCH3 is 1. The Hall–Kier alpha value is -3.70. The zero-order valence-corrected chi connectivity index (χ0v) is 17.3. The third kappa shape index (κ3) is 6.14. The van der Waals surface area contributed by atoms with E-state index in [-0.39, 0.29) is 17.4 Å². The molecular formula is C20H19N5O5S. The fourth-order valence-electron chi connectivity index (χ4n) is 2.66. The van der Waals surface area contributed by atoms with Crippen LogP contribution in [0, 0.1) is 10.1 Å². The van der Waals surface area contributed by atoms with E-state index in [0.717, 1.165) is 5.56 Å². The van der Waals surface area contributed by atoms with Crippen LogP contribution in [0.3, 0.4) is 0 Å². The Morgan fingerprint density at radius 3 is 2.48 bits per heavy atom. The first kappa shape index (κ1) is 22.0. The van der Waals surface area contributed by atoms with Gasteiger partial charge in [0.25, 0.3) is 17.5 Å². The van der Waals surface area contributed by atoms with Crippen molar-refractivity contribution < 1.29 is 19.2 Å². The van der Waals surface area contributed by atoms with Gasteiger partial charge in [-0.3, -0.25) is 25.0 Å². The number of hydrogen-bond acceptors (Lipinski definition) is 8. The number of ether oxygens (including phenoxy) is 1. The summed E-state index contributed by atoms with van der Waals surface area (Å²) < 4.78 is 5.05. The fraction of sp³-hybridized carbons (Fsp3) is 0.200. The molecular weight excluding hydrogens is 422 g/mol. The number of carbonyl (C=O) groups is 2. The quantitative estimate of drug-likeness (QED) is 0.384. The van der Waals surface area contributed by atoms with Crippen LogP contribution in [0.15, 0.2) is 54.6 Å². The molecule has 31 heavy (non-hydrogen) atoms. The number of nitrogens with zero attached hydrogens (tertiary/aromatic N) is 3. The highest BCUT2D eigenvalue weighted by Crippen LogP contribution is 2.20. The van der Waals surface area contributed by atoms with Crippen LogP contribution in [0.4, 0.5) is 10.8 Å². The molecule has 0 spiro atoms. The predicted molar refractivity (Wildman–Crippen MR) is 114 cm³/mol. The summed E-state index contributed by atoms with van der Waals surface area (Å²) in [7, 11) is 1.43. The van der Waals surface area contributed by atoms with E-state index >= 15 is 0 Å². The van der Waals surface area contributed by atoms with E-state index in [2.05, 4.69) is 20.8 Å². The Bertz CT molecular complexity index is 1060. The van der Waals surface area contributed by atoms with Gasteiger partial charge in [0.05, 0.1) is 11.5 Å². The molecule has 1 atom stereocenters. The average molecular weight is 441 g/mol. The summed E-state index contributed by atoms with van der Waals surface area (Å²) in [5.74, 6) is -0.877. The number of anilines is 1. The van der Waals surface area contributed by atoms with Crippen LogP contribution in [-0.2, 0) is 16.0 Å². The molecule has 0 fully saturated rings. The van der Waals surface area contributed by atoms with Crippen LogP contribution in [0.5, 0.6) is 0 Å². The second-order valence-electron chi connectivity index (χ2n) is 6.44. The van der Waals surface area contributed by atoms with Gasteiger partial charge in [-0.2, -0.15) is 0 Å². The lowest BCUT2D eigenvalue weighted by atomic mass is 10.1. The van der Waals surface area contributed by atoms with Crippen LogP contribution < -0.4 is 10.6 Å². The molecule has 1 aromatic heterocycles. The molecule has 160 valence electrons. The summed E-state index contributed by atoms with van der Waals surface area (Å²) in [6.07, 6.45) is 0.414. The number of nitro groups is 1. The molecule has 11 heteroatoms. The van der Waals surface area contributed by atoms with Crippen molar-refractivity contribution in [3.05, 3.63) is 80.8 Å². The van der Waals surface area contributed by atoms with Gasteiger partial charge in [0.1, 0.15) is 11.0 Å². The predicted octanol–water partition coefficient (Wildman–Crippen LogP) is 2.42. The maximum absolute atomic E-state index is 12.6. The Labute approximate surface area is 181 Å². The Morgan fingerprint density at radius 2 is 1.84 bits per heavy atom. The van der Waals surface area contributed by atoms with Crippen molar-refractivity contribution in [3.63, 3.8) is 0 Å². The molecule has 3 aromatic rings. The van der Waals surface area contributed by atoms with Crippen LogP contribution in [0.25, 0.3) is 0 Å². The Morgan fingerprint density at radius 1 is 1.13 bits per heavy atom. The van der Waals surface area contributed by atoms with E-state index in [1.807, 2.05) is 0 Å². The van der Waals surface area contributed by atoms with Gasteiger partial charge in [-0.25, -0.2) is 0 Å². The van der Waals surface area contributed by atoms with Gasteiger partial charge in [-0.1, -0.05) is 41.7 Å². The topological polar surface area (TPSA) is 136 Å². The number of amides is 2. The fourth-order valence-corrected chi connectivity index (χ4v) is 3.44. The summed E-state index contributed by atoms with van der Waals surface area (Å²) in [5.41, 5.74) is 1.26. The number of carbonyl (C=O) groups excluding carboxylic acids is 2. The van der Waals surface area contributed by atoms with Crippen molar-refractivity contribution >= 4 is 34.0 Å². The van der Waals surface area contributed by atoms with E-state index in [9.17, 15) is 19.7 Å². The minimum atomic E-state index is -0.917. The largest absolute Gasteiger partial charge is 0.382 e. The maximum Gasteiger partial charge on any atom is 0.269 e. The molecule has 1 unspecified atom stereocenters. The minimum absolute atomic E-state index is 0.00991. The number of non-ortho nitro benzene ring substituents is 1. The number of nitrogens with one attached hydrogen (secondary N) is 2. The zero-order valence-electron chi connectivity index (χ0n) is 16.5. The lowest BCUT2D eigenvalue weighted by Gasteiger charge is -2.16. The first-order chi connectivity index (χ1) is 15.0. The molecule has 0 aliphatic heterocycles. The normalized spacial score (nSPS) is 11.5. The van der Waals surface area contributed by atoms with Crippen molar-refractivity contribution in [2.75, 3.05) is 19.0 Å². The van der Waals surface area contributed by atoms with E-state index in [4.69, 9.17) is 4.74 Å². The molecule has 2 amide bonds. The average Bonchev–Trinajstić information content (AvgIpc) is 3.21. The van der Waals surface area contributed by atoms with Crippen LogP contribution in [0.1, 0.15) is 20.9 Å². The molecule has 0 saturated carbocycles. The van der Waals surface area contributed by atoms with Crippen LogP contribution in [0.2, 0.25) is 0 Å². The van der Waals surface area contributed by atoms with E-state index in [0.29, 0.717) is 17.0 Å². The van der Waals surface area contributed by atoms with Crippen LogP contribution in [-0.4, -0.2) is 46.7 Å². The summed E-state index contributed by atoms with van der Waals surface area (Å²) in [6, 6.07) is 13.8. The Balaban J connectivity index is 1.61. The van der Waals surface area contributed by atoms with Gasteiger partial charge in [0.15, 0.2) is 0 Å². The molecule has 3 rings (SSSR count). The highest BCUT2D eigenvalue weighted by atomic mass is 32.1. The van der Waals surface area contributed by atoms with Crippen molar-refractivity contribution in [2.45, 2.75) is 12.5 Å². The molecule has 0 radical (unpaired) electrons. The highest BCUT2D eigenvalue weighted by molar-refractivity contribution is 7.15. The highest BCUT2D eigenvalue weighted by Gasteiger charge is 2.22. The number of hydrogen-bond donors (Lipinski definition) is 2. The number of benzene rings is 2. The molecule has 10 nitrogen and oxygen atoms in total.